The van der Waals surface area contributed by atoms with E-state index in [0.717, 1.165) is 0 Å². The first-order valence-corrected chi connectivity index (χ1v) is 5.14. The molecule has 0 saturated carbocycles. The highest BCUT2D eigenvalue weighted by Gasteiger charge is 2.07. The van der Waals surface area contributed by atoms with Gasteiger partial charge in [0.05, 0.1) is 0 Å². The van der Waals surface area contributed by atoms with Crippen LogP contribution in [0.2, 0.25) is 10.0 Å². The lowest BCUT2D eigenvalue weighted by Crippen LogP contribution is -1.84. The summed E-state index contributed by atoms with van der Waals surface area (Å²) in [4.78, 5) is 0. The standard InChI is InChI=1S/C12H7Cl2F/c13-8-5-6-9(11(14)7-8)10-3-1-2-4-12(10)15/h1-7H. The van der Waals surface area contributed by atoms with Gasteiger partial charge in [-0.3, -0.25) is 0 Å². The quantitative estimate of drug-likeness (QED) is 0.672. The third kappa shape index (κ3) is 2.14. The zero-order valence-corrected chi connectivity index (χ0v) is 9.19. The summed E-state index contributed by atoms with van der Waals surface area (Å²) < 4.78 is 13.5. The molecule has 0 atom stereocenters. The van der Waals surface area contributed by atoms with Gasteiger partial charge in [-0.15, -0.1) is 0 Å². The van der Waals surface area contributed by atoms with E-state index < -0.39 is 0 Å². The molecule has 0 saturated heterocycles. The summed E-state index contributed by atoms with van der Waals surface area (Å²) in [5.74, 6) is -0.290. The van der Waals surface area contributed by atoms with Crippen LogP contribution in [0.3, 0.4) is 0 Å². The molecule has 3 heteroatoms. The van der Waals surface area contributed by atoms with Gasteiger partial charge in [-0.1, -0.05) is 47.5 Å². The number of halogens is 3. The molecule has 15 heavy (non-hydrogen) atoms. The monoisotopic (exact) mass is 240 g/mol. The number of hydrogen-bond acceptors (Lipinski definition) is 0. The molecule has 0 aliphatic carbocycles. The first-order chi connectivity index (χ1) is 7.18. The zero-order chi connectivity index (χ0) is 10.8. The predicted molar refractivity (Wildman–Crippen MR) is 61.9 cm³/mol. The highest BCUT2D eigenvalue weighted by Crippen LogP contribution is 2.31. The van der Waals surface area contributed by atoms with E-state index >= 15 is 0 Å². The van der Waals surface area contributed by atoms with Crippen molar-refractivity contribution in [1.82, 2.24) is 0 Å². The SMILES string of the molecule is Fc1ccccc1-c1ccc(Cl)cc1Cl. The van der Waals surface area contributed by atoms with Crippen LogP contribution in [-0.2, 0) is 0 Å². The van der Waals surface area contributed by atoms with E-state index in [0.29, 0.717) is 21.2 Å². The molecular formula is C12H7Cl2F. The van der Waals surface area contributed by atoms with Gasteiger partial charge in [0.2, 0.25) is 0 Å². The van der Waals surface area contributed by atoms with Crippen LogP contribution in [0.1, 0.15) is 0 Å². The first-order valence-electron chi connectivity index (χ1n) is 4.38. The molecular weight excluding hydrogens is 234 g/mol. The van der Waals surface area contributed by atoms with Crippen LogP contribution >= 0.6 is 23.2 Å². The summed E-state index contributed by atoms with van der Waals surface area (Å²) in [6, 6.07) is 11.5. The Kier molecular flexibility index (Phi) is 2.94. The maximum Gasteiger partial charge on any atom is 0.131 e. The fourth-order valence-corrected chi connectivity index (χ4v) is 1.90. The molecule has 0 aliphatic rings. The summed E-state index contributed by atoms with van der Waals surface area (Å²) in [6.07, 6.45) is 0. The lowest BCUT2D eigenvalue weighted by Gasteiger charge is -2.05. The molecule has 0 aliphatic heterocycles. The molecule has 0 fully saturated rings. The van der Waals surface area contributed by atoms with E-state index in [9.17, 15) is 4.39 Å². The van der Waals surface area contributed by atoms with Crippen molar-refractivity contribution in [3.05, 3.63) is 58.3 Å². The summed E-state index contributed by atoms with van der Waals surface area (Å²) in [5, 5.41) is 0.993. The molecule has 2 aromatic carbocycles. The second-order valence-electron chi connectivity index (χ2n) is 3.10. The Hall–Kier alpha value is -1.05. The maximum absolute atomic E-state index is 13.5. The normalized spacial score (nSPS) is 10.3. The van der Waals surface area contributed by atoms with Crippen LogP contribution in [-0.4, -0.2) is 0 Å². The molecule has 2 aromatic rings. The molecule has 0 heterocycles. The van der Waals surface area contributed by atoms with Crippen LogP contribution in [0.15, 0.2) is 42.5 Å². The minimum Gasteiger partial charge on any atom is -0.206 e. The average Bonchev–Trinajstić information content (AvgIpc) is 2.20. The summed E-state index contributed by atoms with van der Waals surface area (Å²) in [7, 11) is 0. The molecule has 76 valence electrons. The smallest absolute Gasteiger partial charge is 0.131 e. The highest BCUT2D eigenvalue weighted by molar-refractivity contribution is 6.36. The zero-order valence-electron chi connectivity index (χ0n) is 7.68. The van der Waals surface area contributed by atoms with Crippen molar-refractivity contribution in [3.8, 4) is 11.1 Å². The van der Waals surface area contributed by atoms with Gasteiger partial charge in [0, 0.05) is 21.2 Å². The molecule has 0 aromatic heterocycles. The Morgan fingerprint density at radius 2 is 1.60 bits per heavy atom. The summed E-state index contributed by atoms with van der Waals surface area (Å²) in [5.41, 5.74) is 1.14. The van der Waals surface area contributed by atoms with E-state index in [4.69, 9.17) is 23.2 Å². The van der Waals surface area contributed by atoms with Crippen molar-refractivity contribution in [2.24, 2.45) is 0 Å². The van der Waals surface area contributed by atoms with Gasteiger partial charge in [0.1, 0.15) is 5.82 Å². The highest BCUT2D eigenvalue weighted by atomic mass is 35.5. The minimum absolute atomic E-state index is 0.290. The van der Waals surface area contributed by atoms with Crippen LogP contribution < -0.4 is 0 Å². The van der Waals surface area contributed by atoms with Crippen molar-refractivity contribution in [2.45, 2.75) is 0 Å². The number of hydrogen-bond donors (Lipinski definition) is 0. The van der Waals surface area contributed by atoms with Gasteiger partial charge in [-0.25, -0.2) is 4.39 Å². The fraction of sp³-hybridized carbons (Fsp3) is 0. The Morgan fingerprint density at radius 3 is 2.27 bits per heavy atom. The molecule has 2 rings (SSSR count). The van der Waals surface area contributed by atoms with Crippen molar-refractivity contribution < 1.29 is 4.39 Å². The van der Waals surface area contributed by atoms with E-state index in [1.807, 2.05) is 0 Å². The summed E-state index contributed by atoms with van der Waals surface area (Å²) in [6.45, 7) is 0. The second-order valence-corrected chi connectivity index (χ2v) is 3.95. The fourth-order valence-electron chi connectivity index (χ4n) is 1.39. The third-order valence-electron chi connectivity index (χ3n) is 2.10. The van der Waals surface area contributed by atoms with E-state index in [2.05, 4.69) is 0 Å². The van der Waals surface area contributed by atoms with Crippen LogP contribution in [0.25, 0.3) is 11.1 Å². The molecule has 0 spiro atoms. The van der Waals surface area contributed by atoms with Gasteiger partial charge in [-0.2, -0.15) is 0 Å². The number of rotatable bonds is 1. The van der Waals surface area contributed by atoms with Gasteiger partial charge in [-0.05, 0) is 18.2 Å². The molecule has 0 bridgehead atoms. The van der Waals surface area contributed by atoms with Crippen molar-refractivity contribution in [2.75, 3.05) is 0 Å². The molecule has 0 nitrogen and oxygen atoms in total. The molecule has 0 amide bonds. The van der Waals surface area contributed by atoms with Crippen LogP contribution in [0.4, 0.5) is 4.39 Å². The predicted octanol–water partition coefficient (Wildman–Crippen LogP) is 4.80. The van der Waals surface area contributed by atoms with E-state index in [-0.39, 0.29) is 5.82 Å². The minimum atomic E-state index is -0.290. The van der Waals surface area contributed by atoms with Gasteiger partial charge >= 0.3 is 0 Å². The van der Waals surface area contributed by atoms with Crippen molar-refractivity contribution in [3.63, 3.8) is 0 Å². The molecule has 0 radical (unpaired) electrons. The average molecular weight is 241 g/mol. The van der Waals surface area contributed by atoms with Crippen LogP contribution in [0.5, 0.6) is 0 Å². The first kappa shape index (κ1) is 10.5. The van der Waals surface area contributed by atoms with E-state index in [1.54, 1.807) is 36.4 Å². The Balaban J connectivity index is 2.60. The van der Waals surface area contributed by atoms with Gasteiger partial charge in [0.15, 0.2) is 0 Å². The molecule has 0 unspecified atom stereocenters. The Bertz CT molecular complexity index is 495. The van der Waals surface area contributed by atoms with E-state index in [1.165, 1.54) is 6.07 Å². The van der Waals surface area contributed by atoms with Gasteiger partial charge < -0.3 is 0 Å². The Morgan fingerprint density at radius 1 is 0.867 bits per heavy atom. The lowest BCUT2D eigenvalue weighted by atomic mass is 10.1. The topological polar surface area (TPSA) is 0 Å². The summed E-state index contributed by atoms with van der Waals surface area (Å²) >= 11 is 11.8. The van der Waals surface area contributed by atoms with Crippen molar-refractivity contribution >= 4 is 23.2 Å². The van der Waals surface area contributed by atoms with Crippen molar-refractivity contribution in [1.29, 1.82) is 0 Å². The van der Waals surface area contributed by atoms with Gasteiger partial charge in [0.25, 0.3) is 0 Å². The molecule has 0 N–H and O–H groups in total. The Labute approximate surface area is 97.3 Å². The number of benzene rings is 2. The maximum atomic E-state index is 13.5. The second kappa shape index (κ2) is 4.21. The lowest BCUT2D eigenvalue weighted by molar-refractivity contribution is 0.631. The largest absolute Gasteiger partial charge is 0.206 e. The third-order valence-corrected chi connectivity index (χ3v) is 2.64. The van der Waals surface area contributed by atoms with Crippen LogP contribution in [0, 0.1) is 5.82 Å².